The van der Waals surface area contributed by atoms with Crippen molar-refractivity contribution in [3.05, 3.63) is 59.2 Å². The number of hydrogen-bond donors (Lipinski definition) is 2. The Labute approximate surface area is 142 Å². The average molecular weight is 325 g/mol. The molecule has 2 aromatic rings. The Morgan fingerprint density at radius 1 is 1.17 bits per heavy atom. The zero-order valence-corrected chi connectivity index (χ0v) is 14.5. The number of nitrogen functional groups attached to an aromatic ring is 1. The van der Waals surface area contributed by atoms with Gasteiger partial charge in [-0.25, -0.2) is 5.43 Å². The number of amides is 1. The maximum atomic E-state index is 12.2. The van der Waals surface area contributed by atoms with Crippen molar-refractivity contribution < 1.29 is 9.53 Å². The minimum absolute atomic E-state index is 0.300. The molecule has 2 rings (SSSR count). The van der Waals surface area contributed by atoms with Crippen molar-refractivity contribution in [2.75, 3.05) is 5.73 Å². The van der Waals surface area contributed by atoms with Crippen molar-refractivity contribution in [2.45, 2.75) is 33.8 Å². The van der Waals surface area contributed by atoms with Gasteiger partial charge in [-0.05, 0) is 62.6 Å². The smallest absolute Gasteiger partial charge is 0.280 e. The van der Waals surface area contributed by atoms with Crippen LogP contribution in [0.15, 0.2) is 47.6 Å². The first-order valence-corrected chi connectivity index (χ1v) is 7.81. The highest BCUT2D eigenvalue weighted by Crippen LogP contribution is 2.21. The quantitative estimate of drug-likeness (QED) is 0.503. The van der Waals surface area contributed by atoms with Crippen molar-refractivity contribution in [1.29, 1.82) is 0 Å². The summed E-state index contributed by atoms with van der Waals surface area (Å²) in [7, 11) is 0. The van der Waals surface area contributed by atoms with E-state index >= 15 is 0 Å². The Balaban J connectivity index is 1.99. The minimum atomic E-state index is -0.645. The molecule has 126 valence electrons. The van der Waals surface area contributed by atoms with Gasteiger partial charge in [0.2, 0.25) is 0 Å². The normalized spacial score (nSPS) is 12.6. The molecular formula is C19H23N3O2. The molecule has 0 spiro atoms. The van der Waals surface area contributed by atoms with Crippen LogP contribution >= 0.6 is 0 Å². The molecule has 0 bridgehead atoms. The maximum absolute atomic E-state index is 12.2. The topological polar surface area (TPSA) is 76.7 Å². The van der Waals surface area contributed by atoms with Gasteiger partial charge in [0, 0.05) is 5.69 Å². The van der Waals surface area contributed by atoms with E-state index in [1.54, 1.807) is 19.1 Å². The molecule has 24 heavy (non-hydrogen) atoms. The molecule has 0 heterocycles. The third-order valence-corrected chi connectivity index (χ3v) is 3.89. The van der Waals surface area contributed by atoms with Crippen LogP contribution in [0.2, 0.25) is 0 Å². The van der Waals surface area contributed by atoms with E-state index in [2.05, 4.69) is 10.5 Å². The first kappa shape index (κ1) is 17.5. The largest absolute Gasteiger partial charge is 0.481 e. The highest BCUT2D eigenvalue weighted by atomic mass is 16.5. The number of carbonyl (C=O) groups is 1. The summed E-state index contributed by atoms with van der Waals surface area (Å²) in [5.74, 6) is 0.405. The first-order chi connectivity index (χ1) is 11.4. The summed E-state index contributed by atoms with van der Waals surface area (Å²) in [6.07, 6.45) is -0.645. The van der Waals surface area contributed by atoms with Crippen LogP contribution in [0.3, 0.4) is 0 Å². The third-order valence-electron chi connectivity index (χ3n) is 3.89. The van der Waals surface area contributed by atoms with E-state index in [0.717, 1.165) is 16.7 Å². The second-order valence-electron chi connectivity index (χ2n) is 5.75. The van der Waals surface area contributed by atoms with Gasteiger partial charge in [-0.1, -0.05) is 24.3 Å². The molecule has 0 saturated heterocycles. The molecule has 0 aliphatic heterocycles. The first-order valence-electron chi connectivity index (χ1n) is 7.81. The summed E-state index contributed by atoms with van der Waals surface area (Å²) in [5, 5.41) is 4.12. The van der Waals surface area contributed by atoms with Gasteiger partial charge in [0.15, 0.2) is 6.10 Å². The summed E-state index contributed by atoms with van der Waals surface area (Å²) >= 11 is 0. The molecule has 2 aromatic carbocycles. The molecule has 0 saturated carbocycles. The SMILES string of the molecule is C/C(=N/NC(=O)[C@H](C)Oc1cccc(C)c1C)c1ccc(N)cc1. The zero-order valence-electron chi connectivity index (χ0n) is 14.5. The van der Waals surface area contributed by atoms with E-state index in [1.165, 1.54) is 0 Å². The number of rotatable bonds is 5. The number of carbonyl (C=O) groups excluding carboxylic acids is 1. The van der Waals surface area contributed by atoms with Crippen molar-refractivity contribution in [1.82, 2.24) is 5.43 Å². The van der Waals surface area contributed by atoms with E-state index in [0.29, 0.717) is 17.1 Å². The Morgan fingerprint density at radius 2 is 1.83 bits per heavy atom. The molecule has 3 N–H and O–H groups in total. The van der Waals surface area contributed by atoms with Crippen LogP contribution in [0.1, 0.15) is 30.5 Å². The highest BCUT2D eigenvalue weighted by molar-refractivity contribution is 5.99. The second-order valence-corrected chi connectivity index (χ2v) is 5.75. The van der Waals surface area contributed by atoms with E-state index in [-0.39, 0.29) is 5.91 Å². The Morgan fingerprint density at radius 3 is 2.50 bits per heavy atom. The Kier molecular flexibility index (Phi) is 5.58. The summed E-state index contributed by atoms with van der Waals surface area (Å²) < 4.78 is 5.74. The number of nitrogens with one attached hydrogen (secondary N) is 1. The number of benzene rings is 2. The molecule has 5 nitrogen and oxygen atoms in total. The Bertz CT molecular complexity index is 752. The second kappa shape index (κ2) is 7.64. The number of aryl methyl sites for hydroxylation is 1. The zero-order chi connectivity index (χ0) is 17.7. The lowest BCUT2D eigenvalue weighted by molar-refractivity contribution is -0.127. The van der Waals surface area contributed by atoms with E-state index in [1.807, 2.05) is 51.1 Å². The molecule has 5 heteroatoms. The molecule has 1 atom stereocenters. The van der Waals surface area contributed by atoms with E-state index < -0.39 is 6.10 Å². The lowest BCUT2D eigenvalue weighted by Gasteiger charge is -2.16. The fourth-order valence-electron chi connectivity index (χ4n) is 2.11. The van der Waals surface area contributed by atoms with E-state index in [9.17, 15) is 4.79 Å². The number of nitrogens with two attached hydrogens (primary N) is 1. The molecule has 0 radical (unpaired) electrons. The van der Waals surface area contributed by atoms with Crippen LogP contribution < -0.4 is 15.9 Å². The van der Waals surface area contributed by atoms with Gasteiger partial charge in [-0.2, -0.15) is 5.10 Å². The molecule has 1 amide bonds. The molecule has 0 aliphatic rings. The fourth-order valence-corrected chi connectivity index (χ4v) is 2.11. The molecule has 0 fully saturated rings. The Hall–Kier alpha value is -2.82. The van der Waals surface area contributed by atoms with Crippen LogP contribution in [0.5, 0.6) is 5.75 Å². The van der Waals surface area contributed by atoms with Crippen molar-refractivity contribution in [2.24, 2.45) is 5.10 Å². The van der Waals surface area contributed by atoms with Crippen molar-refractivity contribution in [3.8, 4) is 5.75 Å². The average Bonchev–Trinajstić information content (AvgIpc) is 2.57. The lowest BCUT2D eigenvalue weighted by Crippen LogP contribution is -2.34. The van der Waals surface area contributed by atoms with Gasteiger partial charge < -0.3 is 10.5 Å². The predicted molar refractivity (Wildman–Crippen MR) is 97.2 cm³/mol. The highest BCUT2D eigenvalue weighted by Gasteiger charge is 2.15. The third kappa shape index (κ3) is 4.35. The van der Waals surface area contributed by atoms with Gasteiger partial charge >= 0.3 is 0 Å². The number of hydrogen-bond acceptors (Lipinski definition) is 4. The van der Waals surface area contributed by atoms with Gasteiger partial charge in [0.1, 0.15) is 5.75 Å². The monoisotopic (exact) mass is 325 g/mol. The van der Waals surface area contributed by atoms with Gasteiger partial charge in [0.05, 0.1) is 5.71 Å². The van der Waals surface area contributed by atoms with Gasteiger partial charge in [-0.15, -0.1) is 0 Å². The number of hydrazone groups is 1. The summed E-state index contributed by atoms with van der Waals surface area (Å²) in [5.41, 5.74) is 12.6. The molecular weight excluding hydrogens is 302 g/mol. The van der Waals surface area contributed by atoms with Gasteiger partial charge in [-0.3, -0.25) is 4.79 Å². The standard InChI is InChI=1S/C19H23N3O2/c1-12-6-5-7-18(13(12)2)24-15(4)19(23)22-21-14(3)16-8-10-17(20)11-9-16/h5-11,15H,20H2,1-4H3,(H,22,23)/b21-14-/t15-/m0/s1. The number of nitrogens with zero attached hydrogens (tertiary/aromatic N) is 1. The van der Waals surface area contributed by atoms with Crippen LogP contribution in [-0.2, 0) is 4.79 Å². The summed E-state index contributed by atoms with van der Waals surface area (Å²) in [6.45, 7) is 7.50. The lowest BCUT2D eigenvalue weighted by atomic mass is 10.1. The summed E-state index contributed by atoms with van der Waals surface area (Å²) in [6, 6.07) is 13.1. The van der Waals surface area contributed by atoms with Crippen LogP contribution in [0.25, 0.3) is 0 Å². The molecule has 0 unspecified atom stereocenters. The molecule has 0 aliphatic carbocycles. The van der Waals surface area contributed by atoms with Crippen LogP contribution in [0, 0.1) is 13.8 Å². The van der Waals surface area contributed by atoms with Crippen LogP contribution in [0.4, 0.5) is 5.69 Å². The van der Waals surface area contributed by atoms with Gasteiger partial charge in [0.25, 0.3) is 5.91 Å². The molecule has 0 aromatic heterocycles. The van der Waals surface area contributed by atoms with Crippen LogP contribution in [-0.4, -0.2) is 17.7 Å². The van der Waals surface area contributed by atoms with E-state index in [4.69, 9.17) is 10.5 Å². The summed E-state index contributed by atoms with van der Waals surface area (Å²) in [4.78, 5) is 12.2. The van der Waals surface area contributed by atoms with Crippen molar-refractivity contribution >= 4 is 17.3 Å². The maximum Gasteiger partial charge on any atom is 0.280 e. The predicted octanol–water partition coefficient (Wildman–Crippen LogP) is 3.19. The number of ether oxygens (including phenoxy) is 1. The number of anilines is 1. The fraction of sp³-hybridized carbons (Fsp3) is 0.263. The van der Waals surface area contributed by atoms with Crippen molar-refractivity contribution in [3.63, 3.8) is 0 Å². The minimum Gasteiger partial charge on any atom is -0.481 e.